The normalized spacial score (nSPS) is 27.4. The molecular weight excluding hydrogens is 274 g/mol. The molecule has 20 heavy (non-hydrogen) atoms. The van der Waals surface area contributed by atoms with E-state index in [4.69, 9.17) is 5.73 Å². The molecule has 6 heteroatoms. The molecule has 0 radical (unpaired) electrons. The van der Waals surface area contributed by atoms with Gasteiger partial charge in [-0.3, -0.25) is 4.98 Å². The Labute approximate surface area is 121 Å². The van der Waals surface area contributed by atoms with Crippen molar-refractivity contribution >= 4 is 10.0 Å². The van der Waals surface area contributed by atoms with Crippen LogP contribution in [0.3, 0.4) is 0 Å². The zero-order chi connectivity index (χ0) is 14.8. The van der Waals surface area contributed by atoms with E-state index in [2.05, 4.69) is 23.6 Å². The summed E-state index contributed by atoms with van der Waals surface area (Å²) >= 11 is 0. The van der Waals surface area contributed by atoms with Crippen LogP contribution < -0.4 is 10.5 Å². The summed E-state index contributed by atoms with van der Waals surface area (Å²) in [6.07, 6.45) is 4.24. The summed E-state index contributed by atoms with van der Waals surface area (Å²) in [5.74, 6) is 1.22. The van der Waals surface area contributed by atoms with Gasteiger partial charge < -0.3 is 5.73 Å². The van der Waals surface area contributed by atoms with E-state index in [1.165, 1.54) is 6.20 Å². The molecular formula is C14H23N3O2S. The first-order valence-electron chi connectivity index (χ1n) is 7.09. The van der Waals surface area contributed by atoms with Crippen molar-refractivity contribution in [2.45, 2.75) is 50.6 Å². The number of nitrogens with zero attached hydrogens (tertiary/aromatic N) is 1. The molecule has 1 aromatic heterocycles. The average molecular weight is 297 g/mol. The van der Waals surface area contributed by atoms with Crippen molar-refractivity contribution in [1.29, 1.82) is 0 Å². The maximum atomic E-state index is 12.3. The predicted molar refractivity (Wildman–Crippen MR) is 78.4 cm³/mol. The van der Waals surface area contributed by atoms with E-state index >= 15 is 0 Å². The number of hydrogen-bond acceptors (Lipinski definition) is 4. The van der Waals surface area contributed by atoms with Crippen LogP contribution in [-0.4, -0.2) is 19.4 Å². The molecule has 0 bridgehead atoms. The largest absolute Gasteiger partial charge is 0.325 e. The molecule has 1 fully saturated rings. The number of rotatable bonds is 4. The van der Waals surface area contributed by atoms with Crippen LogP contribution in [0.4, 0.5) is 0 Å². The molecule has 3 unspecified atom stereocenters. The van der Waals surface area contributed by atoms with Gasteiger partial charge in [-0.05, 0) is 43.2 Å². The van der Waals surface area contributed by atoms with Gasteiger partial charge in [0.1, 0.15) is 4.90 Å². The monoisotopic (exact) mass is 297 g/mol. The lowest BCUT2D eigenvalue weighted by Crippen LogP contribution is -2.39. The molecule has 0 spiro atoms. The van der Waals surface area contributed by atoms with E-state index in [-0.39, 0.29) is 10.9 Å². The molecule has 112 valence electrons. The van der Waals surface area contributed by atoms with Gasteiger partial charge in [0.2, 0.25) is 10.0 Å². The van der Waals surface area contributed by atoms with Crippen molar-refractivity contribution in [3.63, 3.8) is 0 Å². The summed E-state index contributed by atoms with van der Waals surface area (Å²) in [4.78, 5) is 4.25. The highest BCUT2D eigenvalue weighted by molar-refractivity contribution is 7.89. The van der Waals surface area contributed by atoms with Gasteiger partial charge in [0, 0.05) is 18.8 Å². The average Bonchev–Trinajstić information content (AvgIpc) is 2.43. The lowest BCUT2D eigenvalue weighted by molar-refractivity contribution is 0.242. The van der Waals surface area contributed by atoms with Crippen molar-refractivity contribution in [1.82, 2.24) is 9.71 Å². The fourth-order valence-corrected chi connectivity index (χ4v) is 3.86. The standard InChI is InChI=1S/C14H23N3O2S/c1-10-3-4-12(7-11(10)2)17-20(18,19)14-6-5-13(8-15)16-9-14/h5-6,9-12,17H,3-4,7-8,15H2,1-2H3. The molecule has 5 nitrogen and oxygen atoms in total. The molecule has 0 aromatic carbocycles. The Morgan fingerprint density at radius 1 is 1.30 bits per heavy atom. The summed E-state index contributed by atoms with van der Waals surface area (Å²) in [5, 5.41) is 0. The minimum absolute atomic E-state index is 0.0281. The number of hydrogen-bond donors (Lipinski definition) is 2. The second-order valence-corrected chi connectivity index (χ2v) is 7.49. The molecule has 1 aliphatic carbocycles. The van der Waals surface area contributed by atoms with Crippen molar-refractivity contribution in [3.8, 4) is 0 Å². The second kappa shape index (κ2) is 6.20. The van der Waals surface area contributed by atoms with Crippen molar-refractivity contribution in [3.05, 3.63) is 24.0 Å². The molecule has 2 rings (SSSR count). The van der Waals surface area contributed by atoms with Crippen LogP contribution in [0.5, 0.6) is 0 Å². The zero-order valence-electron chi connectivity index (χ0n) is 12.0. The summed E-state index contributed by atoms with van der Waals surface area (Å²) in [6.45, 7) is 4.72. The molecule has 1 heterocycles. The molecule has 1 saturated carbocycles. The molecule has 3 N–H and O–H groups in total. The van der Waals surface area contributed by atoms with Crippen molar-refractivity contribution in [2.75, 3.05) is 0 Å². The van der Waals surface area contributed by atoms with Gasteiger partial charge in [0.15, 0.2) is 0 Å². The van der Waals surface area contributed by atoms with Gasteiger partial charge in [0.05, 0.1) is 5.69 Å². The van der Waals surface area contributed by atoms with E-state index < -0.39 is 10.0 Å². The van der Waals surface area contributed by atoms with E-state index in [1.807, 2.05) is 0 Å². The minimum atomic E-state index is -3.48. The highest BCUT2D eigenvalue weighted by Crippen LogP contribution is 2.30. The summed E-state index contributed by atoms with van der Waals surface area (Å²) in [6, 6.07) is 3.24. The second-order valence-electron chi connectivity index (χ2n) is 5.78. The molecule has 0 saturated heterocycles. The van der Waals surface area contributed by atoms with Gasteiger partial charge >= 0.3 is 0 Å². The Bertz CT molecular complexity index is 542. The zero-order valence-corrected chi connectivity index (χ0v) is 12.9. The smallest absolute Gasteiger partial charge is 0.242 e. The van der Waals surface area contributed by atoms with Crippen LogP contribution in [0.25, 0.3) is 0 Å². The molecule has 1 aromatic rings. The summed E-state index contributed by atoms with van der Waals surface area (Å²) < 4.78 is 27.4. The number of nitrogens with one attached hydrogen (secondary N) is 1. The lowest BCUT2D eigenvalue weighted by Gasteiger charge is -2.32. The molecule has 3 atom stereocenters. The summed E-state index contributed by atoms with van der Waals surface area (Å²) in [7, 11) is -3.48. The van der Waals surface area contributed by atoms with Crippen LogP contribution in [-0.2, 0) is 16.6 Å². The Kier molecular flexibility index (Phi) is 4.78. The fourth-order valence-electron chi connectivity index (χ4n) is 2.63. The maximum absolute atomic E-state index is 12.3. The molecule has 0 amide bonds. The lowest BCUT2D eigenvalue weighted by atomic mass is 9.79. The highest BCUT2D eigenvalue weighted by Gasteiger charge is 2.28. The third-order valence-corrected chi connectivity index (χ3v) is 5.74. The SMILES string of the molecule is CC1CCC(NS(=O)(=O)c2ccc(CN)nc2)CC1C. The first kappa shape index (κ1) is 15.4. The third kappa shape index (κ3) is 3.56. The van der Waals surface area contributed by atoms with Gasteiger partial charge in [-0.1, -0.05) is 13.8 Å². The van der Waals surface area contributed by atoms with E-state index in [9.17, 15) is 8.42 Å². The highest BCUT2D eigenvalue weighted by atomic mass is 32.2. The van der Waals surface area contributed by atoms with Crippen LogP contribution in [0, 0.1) is 11.8 Å². The number of sulfonamides is 1. The minimum Gasteiger partial charge on any atom is -0.325 e. The quantitative estimate of drug-likeness (QED) is 0.885. The number of aromatic nitrogens is 1. The van der Waals surface area contributed by atoms with Crippen LogP contribution >= 0.6 is 0 Å². The van der Waals surface area contributed by atoms with E-state index in [0.29, 0.717) is 24.1 Å². The van der Waals surface area contributed by atoms with E-state index in [0.717, 1.165) is 19.3 Å². The first-order chi connectivity index (χ1) is 9.42. The third-order valence-electron chi connectivity index (χ3n) is 4.24. The predicted octanol–water partition coefficient (Wildman–Crippen LogP) is 1.64. The Morgan fingerprint density at radius 3 is 2.60 bits per heavy atom. The fraction of sp³-hybridized carbons (Fsp3) is 0.643. The van der Waals surface area contributed by atoms with Gasteiger partial charge in [-0.25, -0.2) is 13.1 Å². The van der Waals surface area contributed by atoms with Gasteiger partial charge in [-0.2, -0.15) is 0 Å². The number of pyridine rings is 1. The Morgan fingerprint density at radius 2 is 2.05 bits per heavy atom. The first-order valence-corrected chi connectivity index (χ1v) is 8.58. The van der Waals surface area contributed by atoms with Crippen molar-refractivity contribution < 1.29 is 8.42 Å². The van der Waals surface area contributed by atoms with Crippen LogP contribution in [0.2, 0.25) is 0 Å². The van der Waals surface area contributed by atoms with Gasteiger partial charge in [-0.15, -0.1) is 0 Å². The van der Waals surface area contributed by atoms with Crippen LogP contribution in [0.1, 0.15) is 38.8 Å². The van der Waals surface area contributed by atoms with Crippen molar-refractivity contribution in [2.24, 2.45) is 17.6 Å². The maximum Gasteiger partial charge on any atom is 0.242 e. The Balaban J connectivity index is 2.07. The van der Waals surface area contributed by atoms with Gasteiger partial charge in [0.25, 0.3) is 0 Å². The Hall–Kier alpha value is -0.980. The summed E-state index contributed by atoms with van der Waals surface area (Å²) in [5.41, 5.74) is 6.14. The van der Waals surface area contributed by atoms with E-state index in [1.54, 1.807) is 12.1 Å². The van der Waals surface area contributed by atoms with Crippen LogP contribution in [0.15, 0.2) is 23.2 Å². The topological polar surface area (TPSA) is 85.1 Å². The number of nitrogens with two attached hydrogens (primary N) is 1. The molecule has 0 aliphatic heterocycles. The molecule has 1 aliphatic rings.